The summed E-state index contributed by atoms with van der Waals surface area (Å²) in [5.41, 5.74) is 3.95. The average Bonchev–Trinajstić information content (AvgIpc) is 2.92. The first kappa shape index (κ1) is 24.1. The minimum Gasteiger partial charge on any atom is -0.496 e. The lowest BCUT2D eigenvalue weighted by Gasteiger charge is -2.36. The van der Waals surface area contributed by atoms with Crippen LogP contribution in [0.15, 0.2) is 54.6 Å². The third-order valence-electron chi connectivity index (χ3n) is 7.34. The monoisotopic (exact) mass is 485 g/mol. The fraction of sp³-hybridized carbons (Fsp3) is 0.414. The summed E-state index contributed by atoms with van der Waals surface area (Å²) in [6.07, 6.45) is 3.01. The van der Waals surface area contributed by atoms with Crippen molar-refractivity contribution in [3.8, 4) is 5.75 Å². The molecule has 0 radical (unpaired) electrons. The lowest BCUT2D eigenvalue weighted by Crippen LogP contribution is -2.40. The van der Waals surface area contributed by atoms with E-state index in [2.05, 4.69) is 48.0 Å². The molecule has 1 fully saturated rings. The molecular weight excluding hydrogens is 450 g/mol. The molecule has 5 rings (SSSR count). The first-order valence-corrected chi connectivity index (χ1v) is 12.9. The number of rotatable bonds is 6. The van der Waals surface area contributed by atoms with E-state index in [1.807, 2.05) is 35.2 Å². The second kappa shape index (κ2) is 10.6. The summed E-state index contributed by atoms with van der Waals surface area (Å²) >= 11 is 0. The lowest BCUT2D eigenvalue weighted by atomic mass is 9.98. The molecule has 7 heteroatoms. The Labute approximate surface area is 213 Å². The van der Waals surface area contributed by atoms with Gasteiger partial charge in [-0.2, -0.15) is 4.98 Å². The summed E-state index contributed by atoms with van der Waals surface area (Å²) in [7, 11) is 3.66. The van der Waals surface area contributed by atoms with Crippen molar-refractivity contribution in [3.63, 3.8) is 0 Å². The van der Waals surface area contributed by atoms with Crippen molar-refractivity contribution in [2.24, 2.45) is 5.92 Å². The summed E-state index contributed by atoms with van der Waals surface area (Å²) in [5.74, 6) is 3.05. The van der Waals surface area contributed by atoms with E-state index >= 15 is 0 Å². The second-order valence-corrected chi connectivity index (χ2v) is 9.96. The molecule has 3 aromatic rings. The number of carbonyl (C=O) groups is 1. The quantitative estimate of drug-likeness (QED) is 0.510. The molecule has 1 saturated heterocycles. The topological polar surface area (TPSA) is 61.8 Å². The van der Waals surface area contributed by atoms with Crippen LogP contribution in [0.25, 0.3) is 0 Å². The zero-order valence-corrected chi connectivity index (χ0v) is 21.5. The number of nitrogens with zero attached hydrogens (tertiary/aromatic N) is 5. The molecule has 0 atom stereocenters. The number of anilines is 2. The molecule has 2 aliphatic heterocycles. The molecule has 0 saturated carbocycles. The molecule has 0 bridgehead atoms. The number of fused-ring (bicyclic) bond motifs is 1. The van der Waals surface area contributed by atoms with Gasteiger partial charge in [-0.15, -0.1) is 0 Å². The second-order valence-electron chi connectivity index (χ2n) is 9.96. The van der Waals surface area contributed by atoms with Crippen LogP contribution < -0.4 is 14.5 Å². The Kier molecular flexibility index (Phi) is 7.07. The maximum atomic E-state index is 13.5. The smallest absolute Gasteiger partial charge is 0.257 e. The van der Waals surface area contributed by atoms with Crippen LogP contribution in [-0.4, -0.2) is 54.6 Å². The van der Waals surface area contributed by atoms with Gasteiger partial charge in [-0.25, -0.2) is 4.98 Å². The van der Waals surface area contributed by atoms with E-state index in [0.29, 0.717) is 30.8 Å². The van der Waals surface area contributed by atoms with Crippen LogP contribution in [0.2, 0.25) is 0 Å². The highest BCUT2D eigenvalue weighted by Gasteiger charge is 2.30. The Morgan fingerprint density at radius 1 is 1.03 bits per heavy atom. The highest BCUT2D eigenvalue weighted by Crippen LogP contribution is 2.33. The molecule has 36 heavy (non-hydrogen) atoms. The van der Waals surface area contributed by atoms with Crippen molar-refractivity contribution in [1.82, 2.24) is 14.9 Å². The van der Waals surface area contributed by atoms with Crippen molar-refractivity contribution in [3.05, 3.63) is 77.0 Å². The number of hydrogen-bond acceptors (Lipinski definition) is 6. The van der Waals surface area contributed by atoms with E-state index in [1.165, 1.54) is 5.56 Å². The molecular formula is C29H35N5O2. The van der Waals surface area contributed by atoms with Gasteiger partial charge in [0.05, 0.1) is 24.9 Å². The number of piperidine rings is 1. The highest BCUT2D eigenvalue weighted by molar-refractivity contribution is 5.97. The van der Waals surface area contributed by atoms with E-state index in [0.717, 1.165) is 61.4 Å². The predicted molar refractivity (Wildman–Crippen MR) is 143 cm³/mol. The van der Waals surface area contributed by atoms with Gasteiger partial charge < -0.3 is 19.4 Å². The van der Waals surface area contributed by atoms with Crippen LogP contribution in [0.5, 0.6) is 5.75 Å². The average molecular weight is 486 g/mol. The van der Waals surface area contributed by atoms with Crippen LogP contribution in [-0.2, 0) is 19.5 Å². The van der Waals surface area contributed by atoms with Crippen LogP contribution in [0.1, 0.15) is 46.9 Å². The Morgan fingerprint density at radius 2 is 1.75 bits per heavy atom. The number of benzene rings is 2. The minimum absolute atomic E-state index is 0.0124. The van der Waals surface area contributed by atoms with Crippen LogP contribution in [0.4, 0.5) is 11.8 Å². The number of hydrogen-bond donors (Lipinski definition) is 0. The number of amides is 1. The summed E-state index contributed by atoms with van der Waals surface area (Å²) in [6.45, 7) is 6.16. The fourth-order valence-electron chi connectivity index (χ4n) is 5.13. The van der Waals surface area contributed by atoms with E-state index in [-0.39, 0.29) is 5.91 Å². The van der Waals surface area contributed by atoms with Gasteiger partial charge in [0.2, 0.25) is 5.95 Å². The molecule has 0 unspecified atom stereocenters. The molecule has 2 aliphatic rings. The molecule has 7 nitrogen and oxygen atoms in total. The minimum atomic E-state index is -0.0124. The van der Waals surface area contributed by atoms with Gasteiger partial charge in [-0.3, -0.25) is 4.79 Å². The summed E-state index contributed by atoms with van der Waals surface area (Å²) in [6, 6.07) is 17.9. The zero-order chi connectivity index (χ0) is 25.1. The Morgan fingerprint density at radius 3 is 2.50 bits per heavy atom. The Balaban J connectivity index is 1.46. The molecule has 188 valence electrons. The van der Waals surface area contributed by atoms with Crippen molar-refractivity contribution in [2.45, 2.75) is 39.3 Å². The van der Waals surface area contributed by atoms with Gasteiger partial charge in [0.1, 0.15) is 11.6 Å². The molecule has 1 aromatic heterocycles. The van der Waals surface area contributed by atoms with Gasteiger partial charge in [-0.05, 0) is 36.5 Å². The first-order chi connectivity index (χ1) is 17.5. The standard InChI is InChI=1S/C29H35N5O2/c1-21-13-16-33(17-14-21)27-24-20-34(28(35)23-11-7-8-12-26(23)36-3)18-15-25(24)30-29(31-27)32(2)19-22-9-5-4-6-10-22/h4-12,21H,13-20H2,1-3H3. The molecule has 2 aromatic carbocycles. The number of para-hydroxylation sites is 1. The predicted octanol–water partition coefficient (Wildman–Crippen LogP) is 4.56. The number of carbonyl (C=O) groups excluding carboxylic acids is 1. The summed E-state index contributed by atoms with van der Waals surface area (Å²) < 4.78 is 5.46. The normalized spacial score (nSPS) is 16.0. The fourth-order valence-corrected chi connectivity index (χ4v) is 5.13. The van der Waals surface area contributed by atoms with Gasteiger partial charge >= 0.3 is 0 Å². The van der Waals surface area contributed by atoms with Crippen molar-refractivity contribution >= 4 is 17.7 Å². The van der Waals surface area contributed by atoms with Gasteiger partial charge in [0.15, 0.2) is 0 Å². The van der Waals surface area contributed by atoms with Crippen molar-refractivity contribution < 1.29 is 9.53 Å². The molecule has 1 amide bonds. The highest BCUT2D eigenvalue weighted by atomic mass is 16.5. The van der Waals surface area contributed by atoms with Crippen LogP contribution >= 0.6 is 0 Å². The van der Waals surface area contributed by atoms with Crippen molar-refractivity contribution in [2.75, 3.05) is 43.6 Å². The Bertz CT molecular complexity index is 1210. The van der Waals surface area contributed by atoms with Gasteiger partial charge in [0.25, 0.3) is 5.91 Å². The Hall–Kier alpha value is -3.61. The molecule has 3 heterocycles. The van der Waals surface area contributed by atoms with E-state index in [4.69, 9.17) is 14.7 Å². The van der Waals surface area contributed by atoms with Crippen LogP contribution in [0.3, 0.4) is 0 Å². The van der Waals surface area contributed by atoms with Gasteiger partial charge in [0, 0.05) is 45.2 Å². The van der Waals surface area contributed by atoms with Crippen LogP contribution in [0, 0.1) is 5.92 Å². The number of ether oxygens (including phenoxy) is 1. The summed E-state index contributed by atoms with van der Waals surface area (Å²) in [5, 5.41) is 0. The third-order valence-corrected chi connectivity index (χ3v) is 7.34. The third kappa shape index (κ3) is 5.01. The SMILES string of the molecule is COc1ccccc1C(=O)N1CCc2nc(N(C)Cc3ccccc3)nc(N3CCC(C)CC3)c2C1. The largest absolute Gasteiger partial charge is 0.496 e. The summed E-state index contributed by atoms with van der Waals surface area (Å²) in [4.78, 5) is 30.0. The lowest BCUT2D eigenvalue weighted by molar-refractivity contribution is 0.0730. The maximum absolute atomic E-state index is 13.5. The maximum Gasteiger partial charge on any atom is 0.257 e. The van der Waals surface area contributed by atoms with Gasteiger partial charge in [-0.1, -0.05) is 49.4 Å². The molecule has 0 N–H and O–H groups in total. The van der Waals surface area contributed by atoms with E-state index < -0.39 is 0 Å². The first-order valence-electron chi connectivity index (χ1n) is 12.9. The molecule has 0 aliphatic carbocycles. The van der Waals surface area contributed by atoms with E-state index in [9.17, 15) is 4.79 Å². The zero-order valence-electron chi connectivity index (χ0n) is 21.5. The van der Waals surface area contributed by atoms with Crippen molar-refractivity contribution in [1.29, 1.82) is 0 Å². The molecule has 0 spiro atoms. The van der Waals surface area contributed by atoms with E-state index in [1.54, 1.807) is 7.11 Å². The number of methoxy groups -OCH3 is 1. The number of aromatic nitrogens is 2.